The Hall–Kier alpha value is -4.15. The van der Waals surface area contributed by atoms with Crippen LogP contribution in [-0.4, -0.2) is 50.9 Å². The average Bonchev–Trinajstić information content (AvgIpc) is 3.05. The molecule has 236 valence electrons. The van der Waals surface area contributed by atoms with Gasteiger partial charge in [0.1, 0.15) is 18.3 Å². The second-order valence-electron chi connectivity index (χ2n) is 10.7. The van der Waals surface area contributed by atoms with Crippen LogP contribution in [0.15, 0.2) is 119 Å². The molecule has 0 spiro atoms. The number of benzene rings is 4. The van der Waals surface area contributed by atoms with Gasteiger partial charge in [-0.3, -0.25) is 13.9 Å². The van der Waals surface area contributed by atoms with E-state index in [1.54, 1.807) is 61.7 Å². The molecule has 0 saturated heterocycles. The van der Waals surface area contributed by atoms with Crippen molar-refractivity contribution in [2.45, 2.75) is 50.2 Å². The number of carbonyl (C=O) groups is 2. The summed E-state index contributed by atoms with van der Waals surface area (Å²) < 4.78 is 35.3. The van der Waals surface area contributed by atoms with Gasteiger partial charge in [0.25, 0.3) is 10.0 Å². The van der Waals surface area contributed by atoms with Crippen LogP contribution in [0, 0.1) is 0 Å². The molecule has 0 fully saturated rings. The van der Waals surface area contributed by atoms with Gasteiger partial charge in [-0.15, -0.1) is 0 Å². The molecule has 45 heavy (non-hydrogen) atoms. The van der Waals surface area contributed by atoms with Crippen LogP contribution in [-0.2, 0) is 32.6 Å². The molecule has 0 heterocycles. The summed E-state index contributed by atoms with van der Waals surface area (Å²) in [6, 6.07) is 30.5. The molecule has 4 rings (SSSR count). The number of hydrogen-bond donors (Lipinski definition) is 1. The number of halogens is 1. The number of nitrogens with one attached hydrogen (secondary N) is 1. The van der Waals surface area contributed by atoms with Gasteiger partial charge < -0.3 is 15.0 Å². The highest BCUT2D eigenvalue weighted by Crippen LogP contribution is 2.27. The van der Waals surface area contributed by atoms with Crippen molar-refractivity contribution in [2.75, 3.05) is 18.0 Å². The molecule has 1 N–H and O–H groups in total. The molecule has 2 atom stereocenters. The van der Waals surface area contributed by atoms with Gasteiger partial charge in [-0.25, -0.2) is 8.42 Å². The number of carbonyl (C=O) groups excluding carboxylic acids is 2. The third-order valence-corrected chi connectivity index (χ3v) is 9.75. The van der Waals surface area contributed by atoms with Gasteiger partial charge in [-0.2, -0.15) is 0 Å². The molecule has 8 nitrogen and oxygen atoms in total. The summed E-state index contributed by atoms with van der Waals surface area (Å²) in [4.78, 5) is 30.0. The molecule has 0 aliphatic heterocycles. The maximum atomic E-state index is 14.5. The zero-order chi connectivity index (χ0) is 32.4. The van der Waals surface area contributed by atoms with Crippen molar-refractivity contribution in [3.8, 4) is 5.75 Å². The summed E-state index contributed by atoms with van der Waals surface area (Å²) in [5, 5.41) is 3.05. The Bertz CT molecular complexity index is 1690. The molecule has 0 aliphatic rings. The van der Waals surface area contributed by atoms with Crippen molar-refractivity contribution in [1.82, 2.24) is 10.2 Å². The number of ether oxygens (including phenoxy) is 1. The lowest BCUT2D eigenvalue weighted by Gasteiger charge is -2.34. The smallest absolute Gasteiger partial charge is 0.264 e. The summed E-state index contributed by atoms with van der Waals surface area (Å²) in [6.07, 6.45) is 0.945. The summed E-state index contributed by atoms with van der Waals surface area (Å²) in [5.41, 5.74) is 1.91. The van der Waals surface area contributed by atoms with E-state index >= 15 is 0 Å². The maximum Gasteiger partial charge on any atom is 0.264 e. The van der Waals surface area contributed by atoms with E-state index in [1.807, 2.05) is 56.3 Å². The monoisotopic (exact) mass is 691 g/mol. The van der Waals surface area contributed by atoms with Crippen molar-refractivity contribution in [3.05, 3.63) is 125 Å². The normalized spacial score (nSPS) is 12.5. The lowest BCUT2D eigenvalue weighted by Crippen LogP contribution is -2.54. The number of sulfonamides is 1. The Morgan fingerprint density at radius 1 is 0.867 bits per heavy atom. The Labute approximate surface area is 274 Å². The third-order valence-electron chi connectivity index (χ3n) is 7.47. The standard InChI is InChI=1S/C35H38BrN3O5S/c1-4-26(2)37-35(41)33(22-27-13-7-5-8-14-27)38(24-28-15-11-18-31(21-28)44-3)34(40)25-39(30-17-12-16-29(36)23-30)45(42,43)32-19-9-6-10-20-32/h5-21,23,26,33H,4,22,24-25H2,1-3H3,(H,37,41)/t26-,33-/m0/s1. The summed E-state index contributed by atoms with van der Waals surface area (Å²) >= 11 is 3.43. The fourth-order valence-corrected chi connectivity index (χ4v) is 6.66. The number of methoxy groups -OCH3 is 1. The number of nitrogens with zero attached hydrogens (tertiary/aromatic N) is 2. The van der Waals surface area contributed by atoms with Crippen LogP contribution in [0.5, 0.6) is 5.75 Å². The van der Waals surface area contributed by atoms with E-state index in [2.05, 4.69) is 21.2 Å². The summed E-state index contributed by atoms with van der Waals surface area (Å²) in [7, 11) is -2.61. The number of hydrogen-bond acceptors (Lipinski definition) is 5. The minimum absolute atomic E-state index is 0.0486. The maximum absolute atomic E-state index is 14.5. The van der Waals surface area contributed by atoms with E-state index in [0.717, 1.165) is 15.4 Å². The van der Waals surface area contributed by atoms with Gasteiger partial charge >= 0.3 is 0 Å². The van der Waals surface area contributed by atoms with Crippen LogP contribution in [0.3, 0.4) is 0 Å². The SMILES string of the molecule is CC[C@H](C)NC(=O)[C@H](Cc1ccccc1)N(Cc1cccc(OC)c1)C(=O)CN(c1cccc(Br)c1)S(=O)(=O)c1ccccc1. The molecule has 4 aromatic rings. The topological polar surface area (TPSA) is 96.0 Å². The molecule has 10 heteroatoms. The van der Waals surface area contributed by atoms with Crippen molar-refractivity contribution >= 4 is 43.5 Å². The number of amides is 2. The van der Waals surface area contributed by atoms with Crippen molar-refractivity contribution < 1.29 is 22.7 Å². The Morgan fingerprint density at radius 2 is 1.51 bits per heavy atom. The summed E-state index contributed by atoms with van der Waals surface area (Å²) in [6.45, 7) is 3.41. The molecular formula is C35H38BrN3O5S. The first-order chi connectivity index (χ1) is 21.6. The van der Waals surface area contributed by atoms with E-state index in [9.17, 15) is 18.0 Å². The highest BCUT2D eigenvalue weighted by atomic mass is 79.9. The van der Waals surface area contributed by atoms with Crippen molar-refractivity contribution in [1.29, 1.82) is 0 Å². The Morgan fingerprint density at radius 3 is 2.16 bits per heavy atom. The molecular weight excluding hydrogens is 654 g/mol. The first-order valence-electron chi connectivity index (χ1n) is 14.7. The molecule has 0 aromatic heterocycles. The van der Waals surface area contributed by atoms with Crippen LogP contribution < -0.4 is 14.4 Å². The average molecular weight is 693 g/mol. The molecule has 0 aliphatic carbocycles. The molecule has 2 amide bonds. The Balaban J connectivity index is 1.81. The highest BCUT2D eigenvalue weighted by molar-refractivity contribution is 9.10. The van der Waals surface area contributed by atoms with Gasteiger partial charge in [0.05, 0.1) is 17.7 Å². The molecule has 0 unspecified atom stereocenters. The molecule has 0 saturated carbocycles. The number of rotatable bonds is 14. The Kier molecular flexibility index (Phi) is 11.8. The van der Waals surface area contributed by atoms with Gasteiger partial charge in [0.2, 0.25) is 11.8 Å². The predicted molar refractivity (Wildman–Crippen MR) is 180 cm³/mol. The largest absolute Gasteiger partial charge is 0.497 e. The first-order valence-corrected chi connectivity index (χ1v) is 17.0. The van der Waals surface area contributed by atoms with Crippen LogP contribution in [0.1, 0.15) is 31.4 Å². The second kappa shape index (κ2) is 15.7. The third kappa shape index (κ3) is 8.95. The van der Waals surface area contributed by atoms with E-state index in [4.69, 9.17) is 4.74 Å². The molecule has 0 radical (unpaired) electrons. The first kappa shape index (κ1) is 33.7. The lowest BCUT2D eigenvalue weighted by molar-refractivity contribution is -0.140. The van der Waals surface area contributed by atoms with Crippen LogP contribution in [0.4, 0.5) is 5.69 Å². The van der Waals surface area contributed by atoms with Gasteiger partial charge in [-0.05, 0) is 66.9 Å². The minimum Gasteiger partial charge on any atom is -0.497 e. The number of anilines is 1. The predicted octanol–water partition coefficient (Wildman–Crippen LogP) is 6.21. The molecule has 0 bridgehead atoms. The second-order valence-corrected chi connectivity index (χ2v) is 13.5. The quantitative estimate of drug-likeness (QED) is 0.170. The van der Waals surface area contributed by atoms with Crippen molar-refractivity contribution in [2.24, 2.45) is 0 Å². The van der Waals surface area contributed by atoms with Crippen LogP contribution >= 0.6 is 15.9 Å². The van der Waals surface area contributed by atoms with E-state index in [0.29, 0.717) is 22.3 Å². The fraction of sp³-hybridized carbons (Fsp3) is 0.257. The van der Waals surface area contributed by atoms with Crippen molar-refractivity contribution in [3.63, 3.8) is 0 Å². The van der Waals surface area contributed by atoms with Gasteiger partial charge in [0, 0.05) is 23.5 Å². The van der Waals surface area contributed by atoms with Gasteiger partial charge in [0.15, 0.2) is 0 Å². The molecule has 4 aromatic carbocycles. The fourth-order valence-electron chi connectivity index (χ4n) is 4.84. The minimum atomic E-state index is -4.17. The van der Waals surface area contributed by atoms with Crippen LogP contribution in [0.25, 0.3) is 0 Å². The van der Waals surface area contributed by atoms with Gasteiger partial charge in [-0.1, -0.05) is 89.6 Å². The van der Waals surface area contributed by atoms with E-state index in [-0.39, 0.29) is 29.8 Å². The van der Waals surface area contributed by atoms with E-state index in [1.165, 1.54) is 17.0 Å². The van der Waals surface area contributed by atoms with Crippen LogP contribution in [0.2, 0.25) is 0 Å². The highest BCUT2D eigenvalue weighted by Gasteiger charge is 2.35. The lowest BCUT2D eigenvalue weighted by atomic mass is 10.0. The zero-order valence-corrected chi connectivity index (χ0v) is 28.0. The zero-order valence-electron chi connectivity index (χ0n) is 25.6. The van der Waals surface area contributed by atoms with E-state index < -0.39 is 28.5 Å². The summed E-state index contributed by atoms with van der Waals surface area (Å²) in [5.74, 6) is -0.243.